The van der Waals surface area contributed by atoms with Crippen LogP contribution in [0.3, 0.4) is 0 Å². The van der Waals surface area contributed by atoms with E-state index in [1.165, 1.54) is 25.7 Å². The summed E-state index contributed by atoms with van der Waals surface area (Å²) in [6, 6.07) is 0.594. The maximum atomic E-state index is 5.38. The zero-order valence-electron chi connectivity index (χ0n) is 12.3. The zero-order chi connectivity index (χ0) is 13.5. The van der Waals surface area contributed by atoms with Crippen molar-refractivity contribution in [2.45, 2.75) is 58.5 Å². The Morgan fingerprint density at radius 2 is 2.37 bits per heavy atom. The first-order chi connectivity index (χ1) is 9.29. The second kappa shape index (κ2) is 7.53. The fraction of sp³-hybridized carbons (Fsp3) is 0.800. The molecule has 1 aliphatic rings. The molecule has 1 heterocycles. The van der Waals surface area contributed by atoms with Gasteiger partial charge in [0.05, 0.1) is 0 Å². The van der Waals surface area contributed by atoms with E-state index >= 15 is 0 Å². The summed E-state index contributed by atoms with van der Waals surface area (Å²) in [6.07, 6.45) is 10.2. The summed E-state index contributed by atoms with van der Waals surface area (Å²) < 4.78 is 7.59. The zero-order valence-corrected chi connectivity index (χ0v) is 12.3. The molecule has 0 bridgehead atoms. The van der Waals surface area contributed by atoms with Crippen LogP contribution in [0.1, 0.15) is 46.0 Å². The van der Waals surface area contributed by atoms with E-state index in [9.17, 15) is 0 Å². The Bertz CT molecular complexity index is 364. The summed E-state index contributed by atoms with van der Waals surface area (Å²) in [7, 11) is 0. The Morgan fingerprint density at radius 3 is 3.16 bits per heavy atom. The molecular formula is C15H27N3O. The molecule has 1 N–H and O–H groups in total. The molecule has 2 rings (SSSR count). The van der Waals surface area contributed by atoms with Gasteiger partial charge in [-0.05, 0) is 32.1 Å². The van der Waals surface area contributed by atoms with Crippen molar-refractivity contribution in [2.24, 2.45) is 5.92 Å². The number of nitrogens with one attached hydrogen (secondary N) is 1. The summed E-state index contributed by atoms with van der Waals surface area (Å²) in [5.41, 5.74) is 0. The summed E-state index contributed by atoms with van der Waals surface area (Å²) in [4.78, 5) is 4.45. The molecule has 1 saturated carbocycles. The number of ether oxygens (including phenoxy) is 1. The van der Waals surface area contributed by atoms with E-state index in [2.05, 4.69) is 28.0 Å². The van der Waals surface area contributed by atoms with E-state index in [1.54, 1.807) is 0 Å². The quantitative estimate of drug-likeness (QED) is 0.769. The molecule has 108 valence electrons. The number of rotatable bonds is 7. The first-order valence-corrected chi connectivity index (χ1v) is 7.65. The van der Waals surface area contributed by atoms with Crippen molar-refractivity contribution in [1.82, 2.24) is 9.55 Å². The lowest BCUT2D eigenvalue weighted by molar-refractivity contribution is 0.142. The minimum Gasteiger partial charge on any atom is -0.382 e. The van der Waals surface area contributed by atoms with Gasteiger partial charge in [0.25, 0.3) is 0 Å². The monoisotopic (exact) mass is 265 g/mol. The second-order valence-electron chi connectivity index (χ2n) is 5.61. The molecule has 1 aromatic heterocycles. The van der Waals surface area contributed by atoms with Crippen molar-refractivity contribution >= 4 is 5.95 Å². The first kappa shape index (κ1) is 14.4. The van der Waals surface area contributed by atoms with Gasteiger partial charge in [-0.3, -0.25) is 0 Å². The lowest BCUT2D eigenvalue weighted by atomic mass is 9.87. The van der Waals surface area contributed by atoms with Gasteiger partial charge in [-0.1, -0.05) is 19.8 Å². The summed E-state index contributed by atoms with van der Waals surface area (Å²) in [6.45, 7) is 6.99. The number of hydrogen-bond acceptors (Lipinski definition) is 3. The number of aryl methyl sites for hydroxylation is 1. The molecule has 19 heavy (non-hydrogen) atoms. The molecule has 0 aromatic carbocycles. The van der Waals surface area contributed by atoms with Gasteiger partial charge in [0.15, 0.2) is 0 Å². The molecule has 4 nitrogen and oxygen atoms in total. The highest BCUT2D eigenvalue weighted by atomic mass is 16.5. The van der Waals surface area contributed by atoms with Crippen molar-refractivity contribution in [1.29, 1.82) is 0 Å². The Labute approximate surface area is 116 Å². The molecule has 0 spiro atoms. The fourth-order valence-corrected chi connectivity index (χ4v) is 2.86. The van der Waals surface area contributed by atoms with Crippen LogP contribution in [-0.2, 0) is 11.3 Å². The average Bonchev–Trinajstić information content (AvgIpc) is 2.82. The maximum Gasteiger partial charge on any atom is 0.202 e. The van der Waals surface area contributed by atoms with Gasteiger partial charge >= 0.3 is 0 Å². The summed E-state index contributed by atoms with van der Waals surface area (Å²) in [5, 5.41) is 3.61. The van der Waals surface area contributed by atoms with Crippen LogP contribution >= 0.6 is 0 Å². The maximum absolute atomic E-state index is 5.38. The average molecular weight is 265 g/mol. The van der Waals surface area contributed by atoms with E-state index in [0.29, 0.717) is 6.04 Å². The normalized spacial score (nSPS) is 23.5. The molecule has 1 aromatic rings. The van der Waals surface area contributed by atoms with Gasteiger partial charge in [-0.2, -0.15) is 0 Å². The third-order valence-electron chi connectivity index (χ3n) is 3.88. The van der Waals surface area contributed by atoms with Crippen LogP contribution < -0.4 is 5.32 Å². The summed E-state index contributed by atoms with van der Waals surface area (Å²) >= 11 is 0. The molecule has 1 fully saturated rings. The van der Waals surface area contributed by atoms with E-state index in [4.69, 9.17) is 4.74 Å². The Balaban J connectivity index is 1.81. The molecule has 0 aliphatic heterocycles. The van der Waals surface area contributed by atoms with E-state index in [0.717, 1.165) is 38.0 Å². The highest BCUT2D eigenvalue weighted by molar-refractivity contribution is 5.27. The van der Waals surface area contributed by atoms with Crippen LogP contribution in [0.5, 0.6) is 0 Å². The molecule has 2 unspecified atom stereocenters. The van der Waals surface area contributed by atoms with Gasteiger partial charge in [-0.15, -0.1) is 0 Å². The van der Waals surface area contributed by atoms with Crippen LogP contribution in [0.4, 0.5) is 5.95 Å². The van der Waals surface area contributed by atoms with E-state index in [-0.39, 0.29) is 0 Å². The van der Waals surface area contributed by atoms with E-state index in [1.807, 2.05) is 13.1 Å². The lowest BCUT2D eigenvalue weighted by Gasteiger charge is -2.28. The second-order valence-corrected chi connectivity index (χ2v) is 5.61. The Hall–Kier alpha value is -1.03. The first-order valence-electron chi connectivity index (χ1n) is 7.65. The molecular weight excluding hydrogens is 238 g/mol. The van der Waals surface area contributed by atoms with Gasteiger partial charge in [0, 0.05) is 38.2 Å². The number of imidazole rings is 1. The predicted molar refractivity (Wildman–Crippen MR) is 78.4 cm³/mol. The topological polar surface area (TPSA) is 39.1 Å². The highest BCUT2D eigenvalue weighted by Gasteiger charge is 2.19. The molecule has 2 atom stereocenters. The molecule has 0 amide bonds. The van der Waals surface area contributed by atoms with Crippen molar-refractivity contribution in [3.63, 3.8) is 0 Å². The van der Waals surface area contributed by atoms with Crippen molar-refractivity contribution in [3.05, 3.63) is 12.4 Å². The van der Waals surface area contributed by atoms with Crippen LogP contribution in [-0.4, -0.2) is 28.8 Å². The fourth-order valence-electron chi connectivity index (χ4n) is 2.86. The third kappa shape index (κ3) is 4.53. The smallest absolute Gasteiger partial charge is 0.202 e. The van der Waals surface area contributed by atoms with Gasteiger partial charge in [-0.25, -0.2) is 4.98 Å². The lowest BCUT2D eigenvalue weighted by Crippen LogP contribution is -2.27. The molecule has 0 saturated heterocycles. The number of aromatic nitrogens is 2. The van der Waals surface area contributed by atoms with Crippen molar-refractivity contribution in [3.8, 4) is 0 Å². The standard InChI is InChI=1S/C15H27N3O/c1-3-19-11-5-9-18-10-8-16-15(18)17-14-7-4-6-13(2)12-14/h8,10,13-14H,3-7,9,11-12H2,1-2H3,(H,16,17). The molecule has 0 radical (unpaired) electrons. The minimum absolute atomic E-state index is 0.594. The third-order valence-corrected chi connectivity index (χ3v) is 3.88. The van der Waals surface area contributed by atoms with E-state index < -0.39 is 0 Å². The predicted octanol–water partition coefficient (Wildman–Crippen LogP) is 3.30. The SMILES string of the molecule is CCOCCCn1ccnc1NC1CCCC(C)C1. The van der Waals surface area contributed by atoms with Crippen LogP contribution in [0.25, 0.3) is 0 Å². The highest BCUT2D eigenvalue weighted by Crippen LogP contribution is 2.25. The summed E-state index contributed by atoms with van der Waals surface area (Å²) in [5.74, 6) is 1.86. The van der Waals surface area contributed by atoms with Crippen LogP contribution in [0.15, 0.2) is 12.4 Å². The Morgan fingerprint density at radius 1 is 1.47 bits per heavy atom. The number of hydrogen-bond donors (Lipinski definition) is 1. The van der Waals surface area contributed by atoms with Crippen LogP contribution in [0, 0.1) is 5.92 Å². The van der Waals surface area contributed by atoms with Crippen molar-refractivity contribution in [2.75, 3.05) is 18.5 Å². The number of nitrogens with zero attached hydrogens (tertiary/aromatic N) is 2. The van der Waals surface area contributed by atoms with Gasteiger partial charge < -0.3 is 14.6 Å². The Kier molecular flexibility index (Phi) is 5.70. The largest absolute Gasteiger partial charge is 0.382 e. The number of anilines is 1. The van der Waals surface area contributed by atoms with Gasteiger partial charge in [0.2, 0.25) is 5.95 Å². The molecule has 1 aliphatic carbocycles. The van der Waals surface area contributed by atoms with Gasteiger partial charge in [0.1, 0.15) is 0 Å². The van der Waals surface area contributed by atoms with Crippen molar-refractivity contribution < 1.29 is 4.74 Å². The molecule has 4 heteroatoms. The minimum atomic E-state index is 0.594. The van der Waals surface area contributed by atoms with Crippen LogP contribution in [0.2, 0.25) is 0 Å².